The molecular weight excluding hydrogens is 244 g/mol. The molecule has 0 bridgehead atoms. The van der Waals surface area contributed by atoms with Gasteiger partial charge in [0.2, 0.25) is 11.8 Å². The third-order valence-corrected chi connectivity index (χ3v) is 2.58. The Kier molecular flexibility index (Phi) is 6.02. The zero-order valence-corrected chi connectivity index (χ0v) is 11.5. The van der Waals surface area contributed by atoms with E-state index in [1.54, 1.807) is 6.92 Å². The maximum atomic E-state index is 11.6. The Morgan fingerprint density at radius 2 is 1.89 bits per heavy atom. The van der Waals surface area contributed by atoms with E-state index in [0.29, 0.717) is 6.61 Å². The first-order valence-electron chi connectivity index (χ1n) is 6.27. The molecule has 0 aliphatic rings. The summed E-state index contributed by atoms with van der Waals surface area (Å²) in [7, 11) is 0. The number of carbonyl (C=O) groups excluding carboxylic acids is 2. The number of hydrogen-bond donors (Lipinski definition) is 2. The summed E-state index contributed by atoms with van der Waals surface area (Å²) in [6.07, 6.45) is 0.142. The summed E-state index contributed by atoms with van der Waals surface area (Å²) in [5.41, 5.74) is 4.35. The third kappa shape index (κ3) is 5.52. The average Bonchev–Trinajstić information content (AvgIpc) is 2.36. The first-order valence-corrected chi connectivity index (χ1v) is 6.27. The molecule has 1 aromatic carbocycles. The largest absolute Gasteiger partial charge is 0.349 e. The molecule has 1 rings (SSSR count). The Balaban J connectivity index is 2.74. The molecule has 5 heteroatoms. The lowest BCUT2D eigenvalue weighted by Gasteiger charge is -2.18. The van der Waals surface area contributed by atoms with Gasteiger partial charge < -0.3 is 5.32 Å². The zero-order valence-electron chi connectivity index (χ0n) is 11.5. The third-order valence-electron chi connectivity index (χ3n) is 2.58. The van der Waals surface area contributed by atoms with E-state index in [1.807, 2.05) is 31.2 Å². The highest BCUT2D eigenvalue weighted by atomic mass is 16.6. The van der Waals surface area contributed by atoms with Gasteiger partial charge in [0.1, 0.15) is 0 Å². The zero-order chi connectivity index (χ0) is 14.3. The molecule has 104 valence electrons. The molecule has 1 atom stereocenters. The van der Waals surface area contributed by atoms with Crippen LogP contribution in [0.5, 0.6) is 0 Å². The van der Waals surface area contributed by atoms with E-state index in [-0.39, 0.29) is 24.3 Å². The Morgan fingerprint density at radius 1 is 1.26 bits per heavy atom. The van der Waals surface area contributed by atoms with Gasteiger partial charge >= 0.3 is 0 Å². The summed E-state index contributed by atoms with van der Waals surface area (Å²) >= 11 is 0. The van der Waals surface area contributed by atoms with Crippen molar-refractivity contribution in [2.75, 3.05) is 6.61 Å². The Hall–Kier alpha value is -1.88. The quantitative estimate of drug-likeness (QED) is 0.767. The molecule has 1 aromatic rings. The van der Waals surface area contributed by atoms with Crippen molar-refractivity contribution in [3.05, 3.63) is 35.4 Å². The van der Waals surface area contributed by atoms with Crippen LogP contribution in [-0.2, 0) is 14.4 Å². The number of benzene rings is 1. The van der Waals surface area contributed by atoms with Gasteiger partial charge in [0.05, 0.1) is 19.1 Å². The van der Waals surface area contributed by atoms with Crippen LogP contribution in [0.1, 0.15) is 37.4 Å². The standard InChI is InChI=1S/C14H20N2O3/c1-4-19-16-14(18)9-13(15-11(3)17)12-7-5-10(2)6-8-12/h5-8,13H,4,9H2,1-3H3,(H,15,17)(H,16,18). The van der Waals surface area contributed by atoms with Crippen molar-refractivity contribution in [2.24, 2.45) is 0 Å². The second kappa shape index (κ2) is 7.53. The van der Waals surface area contributed by atoms with Crippen LogP contribution in [0.25, 0.3) is 0 Å². The maximum absolute atomic E-state index is 11.6. The van der Waals surface area contributed by atoms with Gasteiger partial charge in [-0.1, -0.05) is 29.8 Å². The molecule has 2 N–H and O–H groups in total. The summed E-state index contributed by atoms with van der Waals surface area (Å²) in [4.78, 5) is 27.7. The lowest BCUT2D eigenvalue weighted by Crippen LogP contribution is -2.32. The van der Waals surface area contributed by atoms with E-state index in [1.165, 1.54) is 6.92 Å². The monoisotopic (exact) mass is 264 g/mol. The van der Waals surface area contributed by atoms with E-state index in [9.17, 15) is 9.59 Å². The van der Waals surface area contributed by atoms with E-state index in [2.05, 4.69) is 10.8 Å². The van der Waals surface area contributed by atoms with E-state index in [4.69, 9.17) is 4.84 Å². The van der Waals surface area contributed by atoms with Crippen LogP contribution in [0, 0.1) is 6.92 Å². The fourth-order valence-corrected chi connectivity index (χ4v) is 1.68. The normalized spacial score (nSPS) is 11.7. The highest BCUT2D eigenvalue weighted by Crippen LogP contribution is 2.17. The first kappa shape index (κ1) is 15.2. The van der Waals surface area contributed by atoms with Gasteiger partial charge in [-0.15, -0.1) is 0 Å². The second-order valence-electron chi connectivity index (χ2n) is 4.33. The highest BCUT2D eigenvalue weighted by molar-refractivity contribution is 5.78. The van der Waals surface area contributed by atoms with Gasteiger partial charge in [-0.3, -0.25) is 14.4 Å². The van der Waals surface area contributed by atoms with Crippen molar-refractivity contribution in [1.29, 1.82) is 0 Å². The molecule has 0 aromatic heterocycles. The minimum Gasteiger partial charge on any atom is -0.349 e. The van der Waals surface area contributed by atoms with Gasteiger partial charge in [-0.05, 0) is 19.4 Å². The lowest BCUT2D eigenvalue weighted by molar-refractivity contribution is -0.134. The number of aryl methyl sites for hydroxylation is 1. The Morgan fingerprint density at radius 3 is 2.42 bits per heavy atom. The number of nitrogens with one attached hydrogen (secondary N) is 2. The summed E-state index contributed by atoms with van der Waals surface area (Å²) in [6, 6.07) is 7.36. The van der Waals surface area contributed by atoms with Crippen LogP contribution in [0.2, 0.25) is 0 Å². The second-order valence-corrected chi connectivity index (χ2v) is 4.33. The van der Waals surface area contributed by atoms with Gasteiger partial charge in [0, 0.05) is 6.92 Å². The molecular formula is C14H20N2O3. The van der Waals surface area contributed by atoms with Crippen molar-refractivity contribution < 1.29 is 14.4 Å². The lowest BCUT2D eigenvalue weighted by atomic mass is 10.0. The summed E-state index contributed by atoms with van der Waals surface area (Å²) < 4.78 is 0. The van der Waals surface area contributed by atoms with Crippen LogP contribution >= 0.6 is 0 Å². The Bertz CT molecular complexity index is 429. The topological polar surface area (TPSA) is 67.4 Å². The van der Waals surface area contributed by atoms with Gasteiger partial charge in [0.15, 0.2) is 0 Å². The Labute approximate surface area is 113 Å². The van der Waals surface area contributed by atoms with Crippen LogP contribution < -0.4 is 10.8 Å². The maximum Gasteiger partial charge on any atom is 0.245 e. The average molecular weight is 264 g/mol. The smallest absolute Gasteiger partial charge is 0.245 e. The van der Waals surface area contributed by atoms with E-state index >= 15 is 0 Å². The highest BCUT2D eigenvalue weighted by Gasteiger charge is 2.16. The van der Waals surface area contributed by atoms with Crippen LogP contribution in [-0.4, -0.2) is 18.4 Å². The molecule has 0 fully saturated rings. The minimum absolute atomic E-state index is 0.142. The van der Waals surface area contributed by atoms with Crippen molar-refractivity contribution in [3.8, 4) is 0 Å². The predicted molar refractivity (Wildman–Crippen MR) is 72.1 cm³/mol. The van der Waals surface area contributed by atoms with Crippen molar-refractivity contribution >= 4 is 11.8 Å². The fraction of sp³-hybridized carbons (Fsp3) is 0.429. The molecule has 5 nitrogen and oxygen atoms in total. The van der Waals surface area contributed by atoms with Crippen molar-refractivity contribution in [1.82, 2.24) is 10.8 Å². The summed E-state index contributed by atoms with van der Waals surface area (Å²) in [5.74, 6) is -0.434. The number of amides is 2. The molecule has 0 aliphatic heterocycles. The van der Waals surface area contributed by atoms with Crippen molar-refractivity contribution in [3.63, 3.8) is 0 Å². The molecule has 0 saturated carbocycles. The number of carbonyl (C=O) groups is 2. The van der Waals surface area contributed by atoms with Gasteiger partial charge in [0.25, 0.3) is 0 Å². The minimum atomic E-state index is -0.349. The van der Waals surface area contributed by atoms with Gasteiger partial charge in [-0.2, -0.15) is 0 Å². The summed E-state index contributed by atoms with van der Waals surface area (Å²) in [6.45, 7) is 5.60. The molecule has 2 amide bonds. The molecule has 0 radical (unpaired) electrons. The van der Waals surface area contributed by atoms with E-state index < -0.39 is 0 Å². The molecule has 1 unspecified atom stereocenters. The SMILES string of the molecule is CCONC(=O)CC(NC(C)=O)c1ccc(C)cc1. The number of hydrogen-bond acceptors (Lipinski definition) is 3. The van der Waals surface area contributed by atoms with Crippen LogP contribution in [0.4, 0.5) is 0 Å². The molecule has 0 spiro atoms. The number of rotatable bonds is 6. The molecule has 0 aliphatic carbocycles. The summed E-state index contributed by atoms with van der Waals surface area (Å²) in [5, 5.41) is 2.77. The fourth-order valence-electron chi connectivity index (χ4n) is 1.68. The van der Waals surface area contributed by atoms with Crippen molar-refractivity contribution in [2.45, 2.75) is 33.2 Å². The van der Waals surface area contributed by atoms with Gasteiger partial charge in [-0.25, -0.2) is 5.48 Å². The number of hydroxylamine groups is 1. The molecule has 0 heterocycles. The predicted octanol–water partition coefficient (Wildman–Crippen LogP) is 1.63. The van der Waals surface area contributed by atoms with Crippen LogP contribution in [0.15, 0.2) is 24.3 Å². The van der Waals surface area contributed by atoms with E-state index in [0.717, 1.165) is 11.1 Å². The molecule has 0 saturated heterocycles. The van der Waals surface area contributed by atoms with Crippen LogP contribution in [0.3, 0.4) is 0 Å². The first-order chi connectivity index (χ1) is 9.02. The molecule has 19 heavy (non-hydrogen) atoms.